The summed E-state index contributed by atoms with van der Waals surface area (Å²) in [6.07, 6.45) is 3.73. The first-order valence-electron chi connectivity index (χ1n) is 5.48. The molecule has 5 heteroatoms. The summed E-state index contributed by atoms with van der Waals surface area (Å²) >= 11 is 0. The number of anilines is 1. The second kappa shape index (κ2) is 4.88. The number of hydrogen-bond donors (Lipinski definition) is 2. The van der Waals surface area contributed by atoms with Crippen LogP contribution in [0.25, 0.3) is 0 Å². The molecular formula is C13H11FN2O2. The van der Waals surface area contributed by atoms with Gasteiger partial charge in [0.1, 0.15) is 17.4 Å². The van der Waals surface area contributed by atoms with Crippen LogP contribution in [0.4, 0.5) is 10.1 Å². The maximum absolute atomic E-state index is 13.4. The van der Waals surface area contributed by atoms with Crippen molar-refractivity contribution in [3.63, 3.8) is 0 Å². The van der Waals surface area contributed by atoms with E-state index in [1.54, 1.807) is 24.3 Å². The first-order chi connectivity index (χ1) is 8.61. The van der Waals surface area contributed by atoms with Crippen molar-refractivity contribution in [2.24, 2.45) is 5.92 Å². The van der Waals surface area contributed by atoms with Crippen molar-refractivity contribution in [3.8, 4) is 6.07 Å². The molecule has 0 saturated carbocycles. The summed E-state index contributed by atoms with van der Waals surface area (Å²) in [7, 11) is 0. The Balaban J connectivity index is 2.13. The molecule has 1 aromatic carbocycles. The number of carboxylic acid groups (broad SMARTS) is 1. The maximum Gasteiger partial charge on any atom is 0.310 e. The van der Waals surface area contributed by atoms with Crippen LogP contribution in [0, 0.1) is 23.1 Å². The molecule has 18 heavy (non-hydrogen) atoms. The number of nitrogens with zero attached hydrogens (tertiary/aromatic N) is 1. The van der Waals surface area contributed by atoms with E-state index >= 15 is 0 Å². The highest BCUT2D eigenvalue weighted by Gasteiger charge is 2.24. The van der Waals surface area contributed by atoms with E-state index in [1.807, 2.05) is 0 Å². The second-order valence-corrected chi connectivity index (χ2v) is 4.09. The number of benzene rings is 1. The lowest BCUT2D eigenvalue weighted by Gasteiger charge is -2.14. The maximum atomic E-state index is 13.4. The summed E-state index contributed by atoms with van der Waals surface area (Å²) in [5.41, 5.74) is 0.336. The summed E-state index contributed by atoms with van der Waals surface area (Å²) in [5.74, 6) is -1.99. The van der Waals surface area contributed by atoms with Crippen molar-refractivity contribution >= 4 is 11.7 Å². The zero-order valence-corrected chi connectivity index (χ0v) is 9.43. The van der Waals surface area contributed by atoms with Crippen molar-refractivity contribution in [1.29, 1.82) is 5.26 Å². The van der Waals surface area contributed by atoms with E-state index in [1.165, 1.54) is 12.1 Å². The van der Waals surface area contributed by atoms with Crippen LogP contribution in [0.1, 0.15) is 12.0 Å². The molecule has 1 aliphatic carbocycles. The summed E-state index contributed by atoms with van der Waals surface area (Å²) < 4.78 is 13.4. The van der Waals surface area contributed by atoms with Gasteiger partial charge in [0.25, 0.3) is 0 Å². The first-order valence-corrected chi connectivity index (χ1v) is 5.48. The van der Waals surface area contributed by atoms with Gasteiger partial charge < -0.3 is 10.4 Å². The highest BCUT2D eigenvalue weighted by molar-refractivity contribution is 5.73. The molecule has 0 saturated heterocycles. The number of nitriles is 1. The minimum absolute atomic E-state index is 0.0512. The highest BCUT2D eigenvalue weighted by Crippen LogP contribution is 2.24. The van der Waals surface area contributed by atoms with Gasteiger partial charge in [0, 0.05) is 6.04 Å². The number of aliphatic carboxylic acids is 1. The molecule has 1 aromatic rings. The molecular weight excluding hydrogens is 235 g/mol. The third-order valence-corrected chi connectivity index (χ3v) is 2.87. The minimum Gasteiger partial charge on any atom is -0.481 e. The van der Waals surface area contributed by atoms with Crippen LogP contribution in [0.2, 0.25) is 0 Å². The first kappa shape index (κ1) is 12.1. The van der Waals surface area contributed by atoms with Crippen LogP contribution < -0.4 is 5.32 Å². The van der Waals surface area contributed by atoms with E-state index in [2.05, 4.69) is 5.32 Å². The average molecular weight is 246 g/mol. The van der Waals surface area contributed by atoms with Gasteiger partial charge in [-0.1, -0.05) is 18.2 Å². The highest BCUT2D eigenvalue weighted by atomic mass is 19.1. The van der Waals surface area contributed by atoms with Crippen LogP contribution in [-0.4, -0.2) is 17.1 Å². The Kier molecular flexibility index (Phi) is 3.28. The lowest BCUT2D eigenvalue weighted by atomic mass is 10.1. The van der Waals surface area contributed by atoms with Crippen molar-refractivity contribution in [3.05, 3.63) is 41.7 Å². The van der Waals surface area contributed by atoms with E-state index < -0.39 is 17.7 Å². The molecule has 0 aromatic heterocycles. The molecule has 2 rings (SSSR count). The third-order valence-electron chi connectivity index (χ3n) is 2.87. The van der Waals surface area contributed by atoms with E-state index in [9.17, 15) is 9.18 Å². The Morgan fingerprint density at radius 2 is 2.28 bits per heavy atom. The predicted molar refractivity (Wildman–Crippen MR) is 63.4 cm³/mol. The van der Waals surface area contributed by atoms with Crippen LogP contribution in [0.5, 0.6) is 0 Å². The van der Waals surface area contributed by atoms with Gasteiger partial charge in [-0.3, -0.25) is 4.79 Å². The molecule has 0 radical (unpaired) electrons. The van der Waals surface area contributed by atoms with Crippen LogP contribution in [-0.2, 0) is 4.79 Å². The number of carboxylic acids is 1. The SMILES string of the molecule is N#Cc1c(F)cccc1NC1C=CC(C(=O)O)C1. The van der Waals surface area contributed by atoms with Crippen LogP contribution in [0.3, 0.4) is 0 Å². The van der Waals surface area contributed by atoms with Gasteiger partial charge in [-0.15, -0.1) is 0 Å². The van der Waals surface area contributed by atoms with Crippen molar-refractivity contribution < 1.29 is 14.3 Å². The molecule has 4 nitrogen and oxygen atoms in total. The molecule has 0 bridgehead atoms. The Hall–Kier alpha value is -2.35. The van der Waals surface area contributed by atoms with Gasteiger partial charge in [-0.25, -0.2) is 4.39 Å². The Morgan fingerprint density at radius 1 is 1.50 bits per heavy atom. The molecule has 0 amide bonds. The zero-order valence-electron chi connectivity index (χ0n) is 9.43. The molecule has 92 valence electrons. The molecule has 0 spiro atoms. The molecule has 1 aliphatic rings. The zero-order chi connectivity index (χ0) is 13.1. The summed E-state index contributed by atoms with van der Waals surface area (Å²) in [6, 6.07) is 5.92. The quantitative estimate of drug-likeness (QED) is 0.801. The molecule has 2 atom stereocenters. The van der Waals surface area contributed by atoms with E-state index in [0.29, 0.717) is 12.1 Å². The Morgan fingerprint density at radius 3 is 2.89 bits per heavy atom. The fourth-order valence-corrected chi connectivity index (χ4v) is 1.95. The molecule has 2 unspecified atom stereocenters. The van der Waals surface area contributed by atoms with E-state index in [4.69, 9.17) is 10.4 Å². The Bertz CT molecular complexity index is 548. The minimum atomic E-state index is -0.879. The number of nitrogens with one attached hydrogen (secondary N) is 1. The topological polar surface area (TPSA) is 73.1 Å². The smallest absolute Gasteiger partial charge is 0.310 e. The van der Waals surface area contributed by atoms with E-state index in [0.717, 1.165) is 0 Å². The summed E-state index contributed by atoms with van der Waals surface area (Å²) in [6.45, 7) is 0. The van der Waals surface area contributed by atoms with Crippen molar-refractivity contribution in [1.82, 2.24) is 0 Å². The van der Waals surface area contributed by atoms with Gasteiger partial charge in [0.2, 0.25) is 0 Å². The Labute approximate surface area is 103 Å². The lowest BCUT2D eigenvalue weighted by Crippen LogP contribution is -2.19. The summed E-state index contributed by atoms with van der Waals surface area (Å²) in [5, 5.41) is 20.7. The fraction of sp³-hybridized carbons (Fsp3) is 0.231. The lowest BCUT2D eigenvalue weighted by molar-refractivity contribution is -0.140. The predicted octanol–water partition coefficient (Wildman–Crippen LogP) is 2.14. The normalized spacial score (nSPS) is 21.6. The molecule has 0 heterocycles. The number of carbonyl (C=O) groups is 1. The number of rotatable bonds is 3. The van der Waals surface area contributed by atoms with Crippen LogP contribution in [0.15, 0.2) is 30.4 Å². The second-order valence-electron chi connectivity index (χ2n) is 4.09. The van der Waals surface area contributed by atoms with Gasteiger partial charge in [0.15, 0.2) is 0 Å². The van der Waals surface area contributed by atoms with Gasteiger partial charge in [0.05, 0.1) is 11.6 Å². The molecule has 0 aliphatic heterocycles. The molecule has 2 N–H and O–H groups in total. The van der Waals surface area contributed by atoms with Crippen molar-refractivity contribution in [2.45, 2.75) is 12.5 Å². The summed E-state index contributed by atoms with van der Waals surface area (Å²) in [4.78, 5) is 10.8. The monoisotopic (exact) mass is 246 g/mol. The fourth-order valence-electron chi connectivity index (χ4n) is 1.95. The standard InChI is InChI=1S/C13H11FN2O2/c14-11-2-1-3-12(10(11)7-15)16-9-5-4-8(6-9)13(17)18/h1-5,8-9,16H,6H2,(H,17,18). The number of halogens is 1. The average Bonchev–Trinajstić information content (AvgIpc) is 2.78. The van der Waals surface area contributed by atoms with E-state index in [-0.39, 0.29) is 11.6 Å². The van der Waals surface area contributed by atoms with Gasteiger partial charge in [-0.05, 0) is 18.6 Å². The third kappa shape index (κ3) is 2.33. The number of hydrogen-bond acceptors (Lipinski definition) is 3. The largest absolute Gasteiger partial charge is 0.481 e. The van der Waals surface area contributed by atoms with Crippen LogP contribution >= 0.6 is 0 Å². The van der Waals surface area contributed by atoms with Crippen molar-refractivity contribution in [2.75, 3.05) is 5.32 Å². The van der Waals surface area contributed by atoms with Gasteiger partial charge in [-0.2, -0.15) is 5.26 Å². The van der Waals surface area contributed by atoms with Gasteiger partial charge >= 0.3 is 5.97 Å². The molecule has 0 fully saturated rings.